The number of aliphatic hydroxyl groups is 7. The molecule has 15 atom stereocenters. The van der Waals surface area contributed by atoms with Crippen molar-refractivity contribution in [1.29, 1.82) is 0 Å². The first kappa shape index (κ1) is 68.7. The molecule has 7 amide bonds. The van der Waals surface area contributed by atoms with Gasteiger partial charge in [0.2, 0.25) is 41.4 Å². The van der Waals surface area contributed by atoms with Gasteiger partial charge in [0.05, 0.1) is 31.0 Å². The van der Waals surface area contributed by atoms with Gasteiger partial charge in [0, 0.05) is 52.4 Å². The normalized spacial score (nSPS) is 27.3. The molecule has 1 aromatic carbocycles. The Morgan fingerprint density at radius 3 is 1.99 bits per heavy atom. The largest absolute Gasteiger partial charge is 0.508 e. The maximum Gasteiger partial charge on any atom is 0.300 e. The van der Waals surface area contributed by atoms with E-state index in [-0.39, 0.29) is 56.8 Å². The molecule has 19 N–H and O–H groups in total. The first-order chi connectivity index (χ1) is 37.9. The van der Waals surface area contributed by atoms with Gasteiger partial charge < -0.3 is 93.8 Å². The zero-order valence-corrected chi connectivity index (χ0v) is 46.5. The van der Waals surface area contributed by atoms with Gasteiger partial charge in [0.1, 0.15) is 60.4 Å². The smallest absolute Gasteiger partial charge is 0.300 e. The molecule has 3 aliphatic rings. The van der Waals surface area contributed by atoms with Crippen LogP contribution in [0.1, 0.15) is 129 Å². The van der Waals surface area contributed by atoms with E-state index in [1.165, 1.54) is 30.7 Å². The van der Waals surface area contributed by atoms with Crippen LogP contribution < -0.4 is 43.4 Å². The molecular formula is C53H90N10O17. The number of carbonyl (C=O) groups is 8. The van der Waals surface area contributed by atoms with Crippen molar-refractivity contribution < 1.29 is 84.3 Å². The van der Waals surface area contributed by atoms with Crippen molar-refractivity contribution >= 4 is 47.3 Å². The number of aromatic hydroxyl groups is 1. The van der Waals surface area contributed by atoms with Gasteiger partial charge in [-0.15, -0.1) is 0 Å². The summed E-state index contributed by atoms with van der Waals surface area (Å²) in [6, 6.07) is -6.33. The monoisotopic (exact) mass is 1140 g/mol. The third-order valence-corrected chi connectivity index (χ3v) is 14.6. The molecule has 80 heavy (non-hydrogen) atoms. The lowest BCUT2D eigenvalue weighted by Crippen LogP contribution is -2.65. The predicted molar refractivity (Wildman–Crippen MR) is 289 cm³/mol. The van der Waals surface area contributed by atoms with Gasteiger partial charge in [-0.05, 0) is 61.8 Å². The van der Waals surface area contributed by atoms with Crippen molar-refractivity contribution in [3.8, 4) is 5.75 Å². The number of hydrogen-bond donors (Lipinski definition) is 17. The summed E-state index contributed by atoms with van der Waals surface area (Å²) >= 11 is 0. The van der Waals surface area contributed by atoms with Crippen LogP contribution >= 0.6 is 0 Å². The van der Waals surface area contributed by atoms with Crippen molar-refractivity contribution in [3.63, 3.8) is 0 Å². The van der Waals surface area contributed by atoms with E-state index in [2.05, 4.69) is 52.7 Å². The minimum atomic E-state index is -2.27. The number of phenols is 1. The molecule has 3 saturated heterocycles. The van der Waals surface area contributed by atoms with Crippen LogP contribution in [-0.4, -0.2) is 215 Å². The van der Waals surface area contributed by atoms with Crippen LogP contribution in [0.15, 0.2) is 24.3 Å². The van der Waals surface area contributed by atoms with Crippen molar-refractivity contribution in [2.75, 3.05) is 39.3 Å². The fraction of sp³-hybridized carbons (Fsp3) is 0.736. The molecule has 27 heteroatoms. The number of benzene rings is 1. The van der Waals surface area contributed by atoms with Gasteiger partial charge in [-0.2, -0.15) is 0 Å². The predicted octanol–water partition coefficient (Wildman–Crippen LogP) is -3.61. The summed E-state index contributed by atoms with van der Waals surface area (Å²) in [6.45, 7) is 5.60. The molecule has 0 bridgehead atoms. The second-order valence-electron chi connectivity index (χ2n) is 21.3. The quantitative estimate of drug-likeness (QED) is 0.0471. The van der Waals surface area contributed by atoms with Crippen LogP contribution in [0.3, 0.4) is 0 Å². The van der Waals surface area contributed by atoms with Gasteiger partial charge in [-0.1, -0.05) is 77.8 Å². The number of carboxylic acid groups (broad SMARTS) is 1. The molecule has 3 fully saturated rings. The number of aliphatic hydroxyl groups excluding tert-OH is 7. The van der Waals surface area contributed by atoms with E-state index in [1.54, 1.807) is 0 Å². The Morgan fingerprint density at radius 2 is 1.38 bits per heavy atom. The standard InChI is InChI=1S/C51H86N10O15.C2H4O2/c1-4-28(2)23-29(3)11-9-7-5-6-8-10-12-39(68)55-33-25-38(67)45(54-21-20-53)59-49(74)42-37(66)18-22-60(42)51(76)40(36(65)17-19-52)57-48(73)41(44(70)43(69)30-13-15-31(63)16-14-30)58-47(72)35-24-32(64)26-61(35)50(75)34(27-62)56-46(33)71;1-2(3)4/h13-16,28-29,32-38,40-45,54,62-67,69-70H,4-12,17-27,52-53H2,1-3H3,(H,55,68)(H,56,71)(H,57,73)(H,58,72)(H,59,74);1H3,(H,3,4)/t28?,29?,32-,33+,34+,35+,36-,37+,38-,40+,41+,42+,43+,44+,45+;/m1./s1. The second kappa shape index (κ2) is 34.6. The highest BCUT2D eigenvalue weighted by Crippen LogP contribution is 2.26. The molecule has 2 unspecified atom stereocenters. The number of phenolic OH excluding ortho intramolecular Hbond substituents is 1. The number of carbonyl (C=O) groups excluding carboxylic acids is 7. The Bertz CT molecular complexity index is 2140. The van der Waals surface area contributed by atoms with E-state index in [4.69, 9.17) is 21.4 Å². The summed E-state index contributed by atoms with van der Waals surface area (Å²) in [7, 11) is 0. The fourth-order valence-corrected chi connectivity index (χ4v) is 10.1. The zero-order valence-electron chi connectivity index (χ0n) is 46.5. The summed E-state index contributed by atoms with van der Waals surface area (Å²) in [5, 5.41) is 111. The Labute approximate surface area is 467 Å². The number of carboxylic acids is 1. The van der Waals surface area contributed by atoms with Gasteiger partial charge >= 0.3 is 0 Å². The molecule has 3 heterocycles. The highest BCUT2D eigenvalue weighted by molar-refractivity contribution is 5.98. The highest BCUT2D eigenvalue weighted by atomic mass is 16.4. The summed E-state index contributed by atoms with van der Waals surface area (Å²) in [4.78, 5) is 110. The first-order valence-corrected chi connectivity index (χ1v) is 27.8. The number of rotatable bonds is 23. The van der Waals surface area contributed by atoms with E-state index in [0.717, 1.165) is 55.2 Å². The summed E-state index contributed by atoms with van der Waals surface area (Å²) in [6.07, 6.45) is -5.18. The number of nitrogens with two attached hydrogens (primary N) is 2. The molecule has 0 aliphatic carbocycles. The lowest BCUT2D eigenvalue weighted by molar-refractivity contribution is -0.148. The zero-order chi connectivity index (χ0) is 59.8. The number of nitrogens with zero attached hydrogens (tertiary/aromatic N) is 2. The van der Waals surface area contributed by atoms with Gasteiger partial charge in [-0.25, -0.2) is 0 Å². The van der Waals surface area contributed by atoms with E-state index < -0.39 is 152 Å². The van der Waals surface area contributed by atoms with Crippen molar-refractivity contribution in [3.05, 3.63) is 29.8 Å². The average molecular weight is 1140 g/mol. The van der Waals surface area contributed by atoms with Crippen molar-refractivity contribution in [1.82, 2.24) is 41.7 Å². The topological polar surface area (TPSA) is 449 Å². The molecule has 0 aromatic heterocycles. The summed E-state index contributed by atoms with van der Waals surface area (Å²) < 4.78 is 0. The number of unbranched alkanes of at least 4 members (excludes halogenated alkanes) is 5. The Balaban J connectivity index is 0.00000406. The number of fused-ring (bicyclic) bond motifs is 2. The molecule has 0 spiro atoms. The molecular weight excluding hydrogens is 1050 g/mol. The lowest BCUT2D eigenvalue weighted by atomic mass is 9.91. The SMILES string of the molecule is CC(=O)O.CCC(C)CC(C)CCCCCCCCC(=O)N[C@H]1C[C@@H](O)[C@@H](NCCN)NC(=O)[C@@H]2[C@@H](O)CCN2C(=O)[C@H]([C@H](O)CCN)NC(=O)[C@H]([C@H](O)[C@@H](O)c2ccc(O)cc2)NC(=O)[C@@H]2C[C@@H](O)CN2C(=O)[C@H](CO)NC1=O. The first-order valence-electron chi connectivity index (χ1n) is 27.8. The molecule has 3 aliphatic heterocycles. The summed E-state index contributed by atoms with van der Waals surface area (Å²) in [5.74, 6) is -7.25. The minimum Gasteiger partial charge on any atom is -0.508 e. The number of nitrogens with one attached hydrogen (secondary N) is 6. The molecule has 1 aromatic rings. The number of amides is 7. The van der Waals surface area contributed by atoms with E-state index >= 15 is 0 Å². The van der Waals surface area contributed by atoms with Crippen LogP contribution in [0.2, 0.25) is 0 Å². The van der Waals surface area contributed by atoms with Crippen LogP contribution in [0.25, 0.3) is 0 Å². The molecule has 454 valence electrons. The van der Waals surface area contributed by atoms with E-state index in [9.17, 15) is 74.4 Å². The van der Waals surface area contributed by atoms with Gasteiger partial charge in [-0.3, -0.25) is 43.7 Å². The van der Waals surface area contributed by atoms with Crippen LogP contribution in [0.4, 0.5) is 0 Å². The maximum atomic E-state index is 14.6. The molecule has 4 rings (SSSR count). The average Bonchev–Trinajstić information content (AvgIpc) is 4.02. The van der Waals surface area contributed by atoms with Crippen LogP contribution in [0.5, 0.6) is 5.75 Å². The molecule has 0 radical (unpaired) electrons. The van der Waals surface area contributed by atoms with Crippen molar-refractivity contribution in [2.45, 2.75) is 197 Å². The third-order valence-electron chi connectivity index (χ3n) is 14.6. The highest BCUT2D eigenvalue weighted by Gasteiger charge is 2.48. The van der Waals surface area contributed by atoms with Gasteiger partial charge in [0.25, 0.3) is 5.97 Å². The van der Waals surface area contributed by atoms with Crippen LogP contribution in [0, 0.1) is 11.8 Å². The minimum absolute atomic E-state index is 0.0222. The Hall–Kier alpha value is -5.62. The Kier molecular flexibility index (Phi) is 29.7. The van der Waals surface area contributed by atoms with Gasteiger partial charge in [0.15, 0.2) is 0 Å². The summed E-state index contributed by atoms with van der Waals surface area (Å²) in [5.41, 5.74) is 11.5. The van der Waals surface area contributed by atoms with Crippen molar-refractivity contribution in [2.24, 2.45) is 23.3 Å². The second-order valence-corrected chi connectivity index (χ2v) is 21.3. The number of aliphatic carboxylic acids is 1. The maximum absolute atomic E-state index is 14.6. The Morgan fingerprint density at radius 1 is 0.750 bits per heavy atom. The molecule has 27 nitrogen and oxygen atoms in total. The lowest BCUT2D eigenvalue weighted by Gasteiger charge is -2.35. The third kappa shape index (κ3) is 21.4. The van der Waals surface area contributed by atoms with E-state index in [1.807, 2.05) is 0 Å². The van der Waals surface area contributed by atoms with Crippen LogP contribution in [-0.2, 0) is 38.4 Å². The number of hydrogen-bond acceptors (Lipinski definition) is 19. The van der Waals surface area contributed by atoms with E-state index in [0.29, 0.717) is 24.7 Å². The fourth-order valence-electron chi connectivity index (χ4n) is 10.1. The molecule has 0 saturated carbocycles.